The van der Waals surface area contributed by atoms with Crippen molar-refractivity contribution in [3.63, 3.8) is 0 Å². The van der Waals surface area contributed by atoms with Gasteiger partial charge in [-0.25, -0.2) is 12.7 Å². The van der Waals surface area contributed by atoms with Gasteiger partial charge >= 0.3 is 0 Å². The lowest BCUT2D eigenvalue weighted by atomic mass is 9.98. The maximum absolute atomic E-state index is 12.6. The van der Waals surface area contributed by atoms with Crippen LogP contribution in [-0.4, -0.2) is 81.3 Å². The molecule has 168 valence electrons. The summed E-state index contributed by atoms with van der Waals surface area (Å²) < 4.78 is 30.8. The summed E-state index contributed by atoms with van der Waals surface area (Å²) in [5.74, 6) is -0.0411. The fourth-order valence-electron chi connectivity index (χ4n) is 4.69. The molecule has 3 rings (SSSR count). The maximum Gasteiger partial charge on any atom is 0.251 e. The zero-order valence-corrected chi connectivity index (χ0v) is 19.2. The lowest BCUT2D eigenvalue weighted by Gasteiger charge is -2.43. The molecule has 0 bridgehead atoms. The molecule has 0 aliphatic carbocycles. The molecular formula is C22H35N3O4S. The third-order valence-corrected chi connectivity index (χ3v) is 7.46. The number of nitrogens with zero attached hydrogens (tertiary/aromatic N) is 2. The van der Waals surface area contributed by atoms with Crippen LogP contribution in [0.25, 0.3) is 0 Å². The number of amides is 1. The lowest BCUT2D eigenvalue weighted by Crippen LogP contribution is -2.53. The number of carbonyl (C=O) groups excluding carboxylic acids is 1. The van der Waals surface area contributed by atoms with E-state index in [4.69, 9.17) is 4.74 Å². The molecule has 2 heterocycles. The van der Waals surface area contributed by atoms with Crippen LogP contribution in [0.1, 0.15) is 47.2 Å². The Bertz CT molecular complexity index is 809. The van der Waals surface area contributed by atoms with Gasteiger partial charge in [-0.05, 0) is 51.7 Å². The zero-order chi connectivity index (χ0) is 21.7. The molecular weight excluding hydrogens is 402 g/mol. The van der Waals surface area contributed by atoms with E-state index < -0.39 is 10.0 Å². The predicted molar refractivity (Wildman–Crippen MR) is 118 cm³/mol. The first-order valence-electron chi connectivity index (χ1n) is 10.9. The molecule has 1 N–H and O–H groups in total. The smallest absolute Gasteiger partial charge is 0.251 e. The van der Waals surface area contributed by atoms with E-state index in [0.717, 1.165) is 56.6 Å². The molecule has 2 aliphatic heterocycles. The number of rotatable bonds is 7. The molecule has 7 nitrogen and oxygen atoms in total. The topological polar surface area (TPSA) is 79.0 Å². The van der Waals surface area contributed by atoms with Gasteiger partial charge in [-0.15, -0.1) is 0 Å². The van der Waals surface area contributed by atoms with Crippen LogP contribution in [-0.2, 0) is 14.8 Å². The van der Waals surface area contributed by atoms with Crippen molar-refractivity contribution in [2.24, 2.45) is 0 Å². The number of hydrogen-bond acceptors (Lipinski definition) is 5. The van der Waals surface area contributed by atoms with Crippen molar-refractivity contribution in [2.45, 2.75) is 51.6 Å². The van der Waals surface area contributed by atoms with E-state index in [-0.39, 0.29) is 5.91 Å². The Morgan fingerprint density at radius 1 is 1.07 bits per heavy atom. The van der Waals surface area contributed by atoms with Crippen LogP contribution in [0.5, 0.6) is 0 Å². The second-order valence-electron chi connectivity index (χ2n) is 8.61. The Kier molecular flexibility index (Phi) is 7.90. The third kappa shape index (κ3) is 6.26. The van der Waals surface area contributed by atoms with Crippen LogP contribution < -0.4 is 5.32 Å². The summed E-state index contributed by atoms with van der Waals surface area (Å²) in [4.78, 5) is 15.1. The average molecular weight is 438 g/mol. The van der Waals surface area contributed by atoms with Gasteiger partial charge in [0.2, 0.25) is 10.0 Å². The van der Waals surface area contributed by atoms with Crippen LogP contribution in [0.4, 0.5) is 0 Å². The molecule has 0 atom stereocenters. The number of aryl methyl sites for hydroxylation is 2. The first kappa shape index (κ1) is 23.2. The van der Waals surface area contributed by atoms with E-state index >= 15 is 0 Å². The highest BCUT2D eigenvalue weighted by Crippen LogP contribution is 2.24. The van der Waals surface area contributed by atoms with Crippen LogP contribution in [0.2, 0.25) is 0 Å². The first-order chi connectivity index (χ1) is 14.2. The van der Waals surface area contributed by atoms with E-state index in [2.05, 4.69) is 16.3 Å². The summed E-state index contributed by atoms with van der Waals surface area (Å²) in [6.45, 7) is 8.01. The number of benzene rings is 1. The number of piperidine rings is 1. The van der Waals surface area contributed by atoms with Crippen molar-refractivity contribution >= 4 is 15.9 Å². The number of hydrogen-bond donors (Lipinski definition) is 1. The van der Waals surface area contributed by atoms with Crippen molar-refractivity contribution in [3.8, 4) is 0 Å². The van der Waals surface area contributed by atoms with Gasteiger partial charge in [0.1, 0.15) is 0 Å². The highest BCUT2D eigenvalue weighted by atomic mass is 32.2. The summed E-state index contributed by atoms with van der Waals surface area (Å²) in [7, 11) is -3.13. The van der Waals surface area contributed by atoms with E-state index in [0.29, 0.717) is 37.3 Å². The molecule has 1 aromatic carbocycles. The monoisotopic (exact) mass is 437 g/mol. The summed E-state index contributed by atoms with van der Waals surface area (Å²) in [5.41, 5.74) is 2.87. The van der Waals surface area contributed by atoms with Crippen LogP contribution in [0, 0.1) is 13.8 Å². The van der Waals surface area contributed by atoms with E-state index in [1.807, 2.05) is 26.0 Å². The Morgan fingerprint density at radius 3 is 2.20 bits per heavy atom. The van der Waals surface area contributed by atoms with Gasteiger partial charge in [-0.3, -0.25) is 9.69 Å². The summed E-state index contributed by atoms with van der Waals surface area (Å²) in [6.07, 6.45) is 4.91. The molecule has 0 radical (unpaired) electrons. The second-order valence-corrected chi connectivity index (χ2v) is 10.6. The van der Waals surface area contributed by atoms with Crippen molar-refractivity contribution < 1.29 is 17.9 Å². The lowest BCUT2D eigenvalue weighted by molar-refractivity contribution is 0.00747. The fraction of sp³-hybridized carbons (Fsp3) is 0.682. The predicted octanol–water partition coefficient (Wildman–Crippen LogP) is 1.94. The molecule has 0 saturated carbocycles. The number of sulfonamides is 1. The van der Waals surface area contributed by atoms with Crippen LogP contribution >= 0.6 is 0 Å². The summed E-state index contributed by atoms with van der Waals surface area (Å²) in [5, 5.41) is 3.08. The molecule has 8 heteroatoms. The molecule has 1 amide bonds. The summed E-state index contributed by atoms with van der Waals surface area (Å²) in [6, 6.07) is 6.65. The van der Waals surface area contributed by atoms with E-state index in [9.17, 15) is 13.2 Å². The molecule has 0 unspecified atom stereocenters. The SMILES string of the molecule is Cc1cc(C)cc(C(=O)NCCN(C2CCOCC2)C2CCN(S(C)(=O)=O)CC2)c1. The Morgan fingerprint density at radius 2 is 1.63 bits per heavy atom. The number of carbonyl (C=O) groups is 1. The minimum Gasteiger partial charge on any atom is -0.381 e. The summed E-state index contributed by atoms with van der Waals surface area (Å²) >= 11 is 0. The number of ether oxygens (including phenoxy) is 1. The highest BCUT2D eigenvalue weighted by molar-refractivity contribution is 7.88. The molecule has 0 spiro atoms. The van der Waals surface area contributed by atoms with Crippen LogP contribution in [0.3, 0.4) is 0 Å². The van der Waals surface area contributed by atoms with Gasteiger partial charge in [-0.2, -0.15) is 0 Å². The van der Waals surface area contributed by atoms with Crippen molar-refractivity contribution in [1.82, 2.24) is 14.5 Å². The van der Waals surface area contributed by atoms with Crippen molar-refractivity contribution in [1.29, 1.82) is 0 Å². The average Bonchev–Trinajstić information content (AvgIpc) is 2.70. The quantitative estimate of drug-likeness (QED) is 0.705. The normalized spacial score (nSPS) is 19.9. The van der Waals surface area contributed by atoms with Crippen molar-refractivity contribution in [2.75, 3.05) is 45.6 Å². The molecule has 1 aromatic rings. The van der Waals surface area contributed by atoms with Gasteiger partial charge in [0.15, 0.2) is 0 Å². The molecule has 2 fully saturated rings. The Balaban J connectivity index is 1.60. The van der Waals surface area contributed by atoms with E-state index in [1.54, 1.807) is 4.31 Å². The fourth-order valence-corrected chi connectivity index (χ4v) is 5.57. The zero-order valence-electron chi connectivity index (χ0n) is 18.4. The standard InChI is InChI=1S/C22H35N3O4S/c1-17-14-18(2)16-19(15-17)22(26)23-8-11-25(21-6-12-29-13-7-21)20-4-9-24(10-5-20)30(3,27)28/h14-16,20-21H,4-13H2,1-3H3,(H,23,26). The van der Waals surface area contributed by atoms with Gasteiger partial charge in [-0.1, -0.05) is 17.2 Å². The Labute approximate surface area is 180 Å². The second kappa shape index (κ2) is 10.2. The van der Waals surface area contributed by atoms with Gasteiger partial charge in [0.05, 0.1) is 6.26 Å². The largest absolute Gasteiger partial charge is 0.381 e. The number of nitrogens with one attached hydrogen (secondary N) is 1. The van der Waals surface area contributed by atoms with Gasteiger partial charge < -0.3 is 10.1 Å². The minimum absolute atomic E-state index is 0.0411. The van der Waals surface area contributed by atoms with Crippen LogP contribution in [0.15, 0.2) is 18.2 Å². The first-order valence-corrected chi connectivity index (χ1v) is 12.7. The van der Waals surface area contributed by atoms with E-state index in [1.165, 1.54) is 6.26 Å². The molecule has 2 aliphatic rings. The maximum atomic E-state index is 12.6. The Hall–Kier alpha value is -1.48. The van der Waals surface area contributed by atoms with Gasteiger partial charge in [0, 0.05) is 57.0 Å². The molecule has 0 aromatic heterocycles. The molecule has 30 heavy (non-hydrogen) atoms. The highest BCUT2D eigenvalue weighted by Gasteiger charge is 2.32. The van der Waals surface area contributed by atoms with Crippen molar-refractivity contribution in [3.05, 3.63) is 34.9 Å². The third-order valence-electron chi connectivity index (χ3n) is 6.16. The molecule has 2 saturated heterocycles. The minimum atomic E-state index is -3.13. The van der Waals surface area contributed by atoms with Gasteiger partial charge in [0.25, 0.3) is 5.91 Å².